The number of unbranched alkanes of at least 4 members (excludes halogenated alkanes) is 5. The molecule has 0 aromatic heterocycles. The maximum Gasteiger partial charge on any atom is 0.185 e. The van der Waals surface area contributed by atoms with Gasteiger partial charge in [-0.15, -0.1) is 0 Å². The molecule has 0 radical (unpaired) electrons. The van der Waals surface area contributed by atoms with Crippen LogP contribution in [0, 0.1) is 5.92 Å². The zero-order valence-corrected chi connectivity index (χ0v) is 15.2. The highest BCUT2D eigenvalue weighted by Gasteiger charge is 2.23. The average molecular weight is 327 g/mol. The monoisotopic (exact) mass is 326 g/mol. The van der Waals surface area contributed by atoms with E-state index in [0.29, 0.717) is 13.0 Å². The van der Waals surface area contributed by atoms with Crippen LogP contribution in [0.1, 0.15) is 84.5 Å². The fraction of sp³-hybridized carbons (Fsp3) is 0.889. The molecule has 0 rings (SSSR count). The Labute approximate surface area is 142 Å². The first-order valence-electron chi connectivity index (χ1n) is 9.37. The molecule has 0 bridgehead atoms. The minimum Gasteiger partial charge on any atom is -0.370 e. The van der Waals surface area contributed by atoms with Crippen molar-refractivity contribution in [2.75, 3.05) is 6.54 Å². The number of nitrogens with two attached hydrogens (primary N) is 3. The lowest BCUT2D eigenvalue weighted by molar-refractivity contribution is -0.124. The third-order valence-electron chi connectivity index (χ3n) is 4.30. The number of hydrogen-bond donors (Lipinski definition) is 3. The maximum atomic E-state index is 12.6. The minimum atomic E-state index is -0.373. The number of carbonyl (C=O) groups is 1. The van der Waals surface area contributed by atoms with E-state index in [-0.39, 0.29) is 23.7 Å². The fourth-order valence-corrected chi connectivity index (χ4v) is 2.85. The number of Topliss-reactive ketones (excluding diaryl/α,β-unsaturated/α-hetero) is 1. The predicted molar refractivity (Wildman–Crippen MR) is 99.3 cm³/mol. The first-order chi connectivity index (χ1) is 11.0. The SMILES string of the molecule is CCCCCCC(CCCCC)C(=O)[C@H](N)CCCN=C(N)N. The summed E-state index contributed by atoms with van der Waals surface area (Å²) in [7, 11) is 0. The number of guanidine groups is 1. The van der Waals surface area contributed by atoms with E-state index in [2.05, 4.69) is 18.8 Å². The second-order valence-corrected chi connectivity index (χ2v) is 6.50. The van der Waals surface area contributed by atoms with E-state index in [1.807, 2.05) is 0 Å². The molecular formula is C18H38N4O. The number of carbonyl (C=O) groups excluding carboxylic acids is 1. The molecule has 6 N–H and O–H groups in total. The van der Waals surface area contributed by atoms with Crippen molar-refractivity contribution in [3.63, 3.8) is 0 Å². The summed E-state index contributed by atoms with van der Waals surface area (Å²) in [5, 5.41) is 0. The quantitative estimate of drug-likeness (QED) is 0.244. The molecular weight excluding hydrogens is 288 g/mol. The fourth-order valence-electron chi connectivity index (χ4n) is 2.85. The van der Waals surface area contributed by atoms with Crippen LogP contribution in [-0.4, -0.2) is 24.3 Å². The molecule has 0 aliphatic carbocycles. The van der Waals surface area contributed by atoms with Gasteiger partial charge in [0.25, 0.3) is 0 Å². The van der Waals surface area contributed by atoms with Crippen molar-refractivity contribution in [3.8, 4) is 0 Å². The van der Waals surface area contributed by atoms with Gasteiger partial charge < -0.3 is 17.2 Å². The van der Waals surface area contributed by atoms with Crippen molar-refractivity contribution in [1.29, 1.82) is 0 Å². The Kier molecular flexibility index (Phi) is 13.8. The van der Waals surface area contributed by atoms with Crippen LogP contribution in [0.4, 0.5) is 0 Å². The lowest BCUT2D eigenvalue weighted by Gasteiger charge is -2.20. The second kappa shape index (κ2) is 14.5. The van der Waals surface area contributed by atoms with Gasteiger partial charge in [0.15, 0.2) is 11.7 Å². The summed E-state index contributed by atoms with van der Waals surface area (Å²) in [6, 6.07) is -0.373. The minimum absolute atomic E-state index is 0.0956. The van der Waals surface area contributed by atoms with Gasteiger partial charge in [-0.05, 0) is 25.7 Å². The molecule has 23 heavy (non-hydrogen) atoms. The Morgan fingerprint density at radius 1 is 0.870 bits per heavy atom. The maximum absolute atomic E-state index is 12.6. The zero-order valence-electron chi connectivity index (χ0n) is 15.2. The Hall–Kier alpha value is -1.10. The van der Waals surface area contributed by atoms with Gasteiger partial charge in [0.1, 0.15) is 0 Å². The first kappa shape index (κ1) is 21.9. The largest absolute Gasteiger partial charge is 0.370 e. The van der Waals surface area contributed by atoms with Crippen LogP contribution in [0.2, 0.25) is 0 Å². The van der Waals surface area contributed by atoms with Crippen LogP contribution < -0.4 is 17.2 Å². The molecule has 0 heterocycles. The zero-order chi connectivity index (χ0) is 17.5. The third-order valence-corrected chi connectivity index (χ3v) is 4.30. The summed E-state index contributed by atoms with van der Waals surface area (Å²) in [6.07, 6.45) is 11.7. The number of nitrogens with zero attached hydrogens (tertiary/aromatic N) is 1. The third kappa shape index (κ3) is 12.0. The molecule has 0 fully saturated rings. The Morgan fingerprint density at radius 3 is 2.00 bits per heavy atom. The van der Waals surface area contributed by atoms with E-state index in [0.717, 1.165) is 32.1 Å². The standard InChI is InChI=1S/C18H38N4O/c1-3-5-7-9-12-15(11-8-6-4-2)17(23)16(19)13-10-14-22-18(20)21/h15-16H,3-14,19H2,1-2H3,(H4,20,21,22)/t15?,16-/m1/s1. The molecule has 0 aliphatic heterocycles. The van der Waals surface area contributed by atoms with Crippen molar-refractivity contribution < 1.29 is 4.79 Å². The molecule has 0 aromatic rings. The first-order valence-corrected chi connectivity index (χ1v) is 9.37. The van der Waals surface area contributed by atoms with Crippen molar-refractivity contribution in [3.05, 3.63) is 0 Å². The van der Waals surface area contributed by atoms with Gasteiger partial charge in [0.05, 0.1) is 6.04 Å². The normalized spacial score (nSPS) is 13.5. The van der Waals surface area contributed by atoms with Crippen LogP contribution in [-0.2, 0) is 4.79 Å². The van der Waals surface area contributed by atoms with Crippen molar-refractivity contribution in [1.82, 2.24) is 0 Å². The molecule has 2 atom stereocenters. The summed E-state index contributed by atoms with van der Waals surface area (Å²) >= 11 is 0. The molecule has 0 spiro atoms. The summed E-state index contributed by atoms with van der Waals surface area (Å²) in [5.74, 6) is 0.469. The van der Waals surface area contributed by atoms with E-state index in [9.17, 15) is 4.79 Å². The Balaban J connectivity index is 4.29. The van der Waals surface area contributed by atoms with Gasteiger partial charge in [0, 0.05) is 12.5 Å². The number of rotatable bonds is 15. The van der Waals surface area contributed by atoms with Crippen molar-refractivity contribution in [2.24, 2.45) is 28.1 Å². The lowest BCUT2D eigenvalue weighted by atomic mass is 9.87. The van der Waals surface area contributed by atoms with Crippen LogP contribution >= 0.6 is 0 Å². The summed E-state index contributed by atoms with van der Waals surface area (Å²) in [6.45, 7) is 4.93. The molecule has 0 aromatic carbocycles. The Morgan fingerprint density at radius 2 is 1.43 bits per heavy atom. The van der Waals surface area contributed by atoms with E-state index in [1.165, 1.54) is 32.1 Å². The van der Waals surface area contributed by atoms with Crippen LogP contribution in [0.15, 0.2) is 4.99 Å². The summed E-state index contributed by atoms with van der Waals surface area (Å²) < 4.78 is 0. The van der Waals surface area contributed by atoms with Crippen LogP contribution in [0.5, 0.6) is 0 Å². The van der Waals surface area contributed by atoms with Crippen molar-refractivity contribution in [2.45, 2.75) is 90.5 Å². The topological polar surface area (TPSA) is 107 Å². The highest BCUT2D eigenvalue weighted by Crippen LogP contribution is 2.21. The van der Waals surface area contributed by atoms with E-state index >= 15 is 0 Å². The highest BCUT2D eigenvalue weighted by molar-refractivity contribution is 5.86. The Bertz CT molecular complexity index is 327. The smallest absolute Gasteiger partial charge is 0.185 e. The molecule has 0 amide bonds. The van der Waals surface area contributed by atoms with Gasteiger partial charge in [-0.3, -0.25) is 9.79 Å². The molecule has 0 saturated carbocycles. The number of ketones is 1. The summed E-state index contributed by atoms with van der Waals surface area (Å²) in [4.78, 5) is 16.6. The van der Waals surface area contributed by atoms with Gasteiger partial charge in [-0.1, -0.05) is 58.8 Å². The highest BCUT2D eigenvalue weighted by atomic mass is 16.1. The lowest BCUT2D eigenvalue weighted by Crippen LogP contribution is -2.36. The number of aliphatic imine (C=N–C) groups is 1. The summed E-state index contributed by atoms with van der Waals surface area (Å²) in [5.41, 5.74) is 16.7. The van der Waals surface area contributed by atoms with Crippen LogP contribution in [0.25, 0.3) is 0 Å². The van der Waals surface area contributed by atoms with Crippen LogP contribution in [0.3, 0.4) is 0 Å². The molecule has 0 saturated heterocycles. The molecule has 1 unspecified atom stereocenters. The molecule has 0 aliphatic rings. The van der Waals surface area contributed by atoms with Gasteiger partial charge >= 0.3 is 0 Å². The van der Waals surface area contributed by atoms with E-state index in [4.69, 9.17) is 17.2 Å². The van der Waals surface area contributed by atoms with Gasteiger partial charge in [-0.2, -0.15) is 0 Å². The second-order valence-electron chi connectivity index (χ2n) is 6.50. The molecule has 136 valence electrons. The predicted octanol–water partition coefficient (Wildman–Crippen LogP) is 3.10. The van der Waals surface area contributed by atoms with E-state index in [1.54, 1.807) is 0 Å². The van der Waals surface area contributed by atoms with Gasteiger partial charge in [-0.25, -0.2) is 0 Å². The molecule has 5 nitrogen and oxygen atoms in total. The van der Waals surface area contributed by atoms with E-state index < -0.39 is 0 Å². The number of hydrogen-bond acceptors (Lipinski definition) is 3. The average Bonchev–Trinajstić information content (AvgIpc) is 2.53. The van der Waals surface area contributed by atoms with Crippen molar-refractivity contribution >= 4 is 11.7 Å². The molecule has 5 heteroatoms. The van der Waals surface area contributed by atoms with Gasteiger partial charge in [0.2, 0.25) is 0 Å².